The largest absolute Gasteiger partial charge is 2.00 e. The maximum absolute atomic E-state index is 8.33. The first-order valence-electron chi connectivity index (χ1n) is 0.612. The van der Waals surface area contributed by atoms with E-state index >= 15 is 0 Å². The number of carboxylic acid groups (broad SMARTS) is 2. The Kier molecular flexibility index (Phi) is 24.6. The van der Waals surface area contributed by atoms with Crippen LogP contribution in [0.2, 0.25) is 0 Å². The average Bonchev–Trinajstić information content (AvgIpc) is 0.811. The van der Waals surface area contributed by atoms with Crippen molar-refractivity contribution in [2.45, 2.75) is 0 Å². The molecule has 0 saturated carbocycles. The van der Waals surface area contributed by atoms with Gasteiger partial charge in [0.1, 0.15) is 0 Å². The molecule has 0 amide bonds. The molecule has 0 aliphatic heterocycles. The molecule has 0 aromatic heterocycles. The summed E-state index contributed by atoms with van der Waals surface area (Å²) in [5.74, 6) is 0. The summed E-state index contributed by atoms with van der Waals surface area (Å²) in [6.45, 7) is 0. The van der Waals surface area contributed by atoms with Gasteiger partial charge in [0.2, 0.25) is 0 Å². The summed E-state index contributed by atoms with van der Waals surface area (Å²) < 4.78 is 0. The smallest absolute Gasteiger partial charge is 0.652 e. The fourth-order valence-electron chi connectivity index (χ4n) is 0. The van der Waals surface area contributed by atoms with Crippen LogP contribution in [0.1, 0.15) is 0 Å². The molecule has 3 nitrogen and oxygen atoms in total. The molecule has 0 heterocycles. The standard InChI is InChI=1S/CH2O3.Ca.Co/c2-1(3)4;;/h(H2,2,3,4);;/q;+2;/p-2. The minimum absolute atomic E-state index is 0. The molecule has 0 aliphatic rings. The molecule has 0 unspecified atom stereocenters. The van der Waals surface area contributed by atoms with Crippen molar-refractivity contribution in [3.8, 4) is 0 Å². The van der Waals surface area contributed by atoms with Crippen LogP contribution in [0.5, 0.6) is 0 Å². The van der Waals surface area contributed by atoms with E-state index in [1.54, 1.807) is 0 Å². The average molecular weight is 159 g/mol. The van der Waals surface area contributed by atoms with Crippen molar-refractivity contribution in [2.75, 3.05) is 0 Å². The van der Waals surface area contributed by atoms with Crippen molar-refractivity contribution >= 4 is 43.9 Å². The summed E-state index contributed by atoms with van der Waals surface area (Å²) in [5, 5.41) is 16.7. The van der Waals surface area contributed by atoms with Crippen LogP contribution in [0.25, 0.3) is 0 Å². The number of rotatable bonds is 0. The molecule has 1 radical (unpaired) electrons. The molecular weight excluding hydrogens is 159 g/mol. The Morgan fingerprint density at radius 1 is 1.33 bits per heavy atom. The van der Waals surface area contributed by atoms with Crippen LogP contribution in [0.3, 0.4) is 0 Å². The van der Waals surface area contributed by atoms with Gasteiger partial charge in [0, 0.05) is 16.8 Å². The van der Waals surface area contributed by atoms with Gasteiger partial charge in [-0.1, -0.05) is 0 Å². The van der Waals surface area contributed by atoms with Gasteiger partial charge >= 0.3 is 37.7 Å². The zero-order valence-corrected chi connectivity index (χ0v) is 6.01. The number of hydrogen-bond acceptors (Lipinski definition) is 3. The molecule has 0 saturated heterocycles. The van der Waals surface area contributed by atoms with Gasteiger partial charge in [-0.2, -0.15) is 0 Å². The molecule has 0 atom stereocenters. The van der Waals surface area contributed by atoms with E-state index in [1.165, 1.54) is 0 Å². The van der Waals surface area contributed by atoms with Crippen LogP contribution in [0.15, 0.2) is 0 Å². The van der Waals surface area contributed by atoms with E-state index in [9.17, 15) is 0 Å². The normalized spacial score (nSPS) is 4.00. The zero-order valence-electron chi connectivity index (χ0n) is 2.77. The topological polar surface area (TPSA) is 63.2 Å². The third-order valence-electron chi connectivity index (χ3n) is 0. The molecule has 0 N–H and O–H groups in total. The van der Waals surface area contributed by atoms with E-state index < -0.39 is 6.16 Å². The Morgan fingerprint density at radius 2 is 1.33 bits per heavy atom. The van der Waals surface area contributed by atoms with Crippen molar-refractivity contribution in [2.24, 2.45) is 0 Å². The van der Waals surface area contributed by atoms with E-state index in [-0.39, 0.29) is 54.5 Å². The molecule has 0 rings (SSSR count). The summed E-state index contributed by atoms with van der Waals surface area (Å²) in [4.78, 5) is 8.33. The second kappa shape index (κ2) is 9.40. The van der Waals surface area contributed by atoms with Crippen molar-refractivity contribution in [3.63, 3.8) is 0 Å². The number of hydrogen-bond donors (Lipinski definition) is 0. The maximum Gasteiger partial charge on any atom is 2.00 e. The van der Waals surface area contributed by atoms with E-state index in [2.05, 4.69) is 0 Å². The SMILES string of the molecule is O=C([O-])[O-].[Ca+2].[Co]. The number of carbonyl (C=O) groups is 1. The van der Waals surface area contributed by atoms with E-state index in [1.807, 2.05) is 0 Å². The first-order chi connectivity index (χ1) is 1.73. The third kappa shape index (κ3) is 76.4. The van der Waals surface area contributed by atoms with Gasteiger partial charge in [-0.15, -0.1) is 0 Å². The van der Waals surface area contributed by atoms with Crippen LogP contribution in [0, 0.1) is 0 Å². The summed E-state index contributed by atoms with van der Waals surface area (Å²) in [7, 11) is 0. The Hall–Kier alpha value is 1.04. The summed E-state index contributed by atoms with van der Waals surface area (Å²) in [6.07, 6.45) is -2.33. The van der Waals surface area contributed by atoms with Crippen LogP contribution in [-0.2, 0) is 16.8 Å². The summed E-state index contributed by atoms with van der Waals surface area (Å²) in [6, 6.07) is 0. The minimum atomic E-state index is -2.33. The van der Waals surface area contributed by atoms with E-state index in [4.69, 9.17) is 15.0 Å². The molecule has 0 spiro atoms. The van der Waals surface area contributed by atoms with E-state index in [0.29, 0.717) is 0 Å². The molecular formula is CCaCoO3. The summed E-state index contributed by atoms with van der Waals surface area (Å²) in [5.41, 5.74) is 0. The van der Waals surface area contributed by atoms with Gasteiger partial charge in [-0.3, -0.25) is 0 Å². The summed E-state index contributed by atoms with van der Waals surface area (Å²) >= 11 is 0. The quantitative estimate of drug-likeness (QED) is 0.358. The van der Waals surface area contributed by atoms with Gasteiger partial charge in [0.15, 0.2) is 0 Å². The van der Waals surface area contributed by atoms with Gasteiger partial charge < -0.3 is 15.0 Å². The van der Waals surface area contributed by atoms with Crippen LogP contribution < -0.4 is 10.2 Å². The molecule has 0 fully saturated rings. The van der Waals surface area contributed by atoms with Gasteiger partial charge in [0.05, 0.1) is 0 Å². The molecule has 6 heavy (non-hydrogen) atoms. The number of carbonyl (C=O) groups excluding carboxylic acids is 1. The van der Waals surface area contributed by atoms with Crippen LogP contribution in [0.4, 0.5) is 4.79 Å². The molecule has 0 bridgehead atoms. The Balaban J connectivity index is -0.0000000450. The van der Waals surface area contributed by atoms with Crippen molar-refractivity contribution in [3.05, 3.63) is 0 Å². The fraction of sp³-hybridized carbons (Fsp3) is 0. The molecule has 0 aromatic carbocycles. The Morgan fingerprint density at radius 3 is 1.33 bits per heavy atom. The second-order valence-electron chi connectivity index (χ2n) is 0.250. The first-order valence-corrected chi connectivity index (χ1v) is 0.612. The van der Waals surface area contributed by atoms with Gasteiger partial charge in [0.25, 0.3) is 0 Å². The predicted octanol–water partition coefficient (Wildman–Crippen LogP) is -2.83. The maximum atomic E-state index is 8.33. The molecule has 5 heteroatoms. The Labute approximate surface area is 74.9 Å². The minimum Gasteiger partial charge on any atom is -0.652 e. The fourth-order valence-corrected chi connectivity index (χ4v) is 0. The second-order valence-corrected chi connectivity index (χ2v) is 0.250. The zero-order chi connectivity index (χ0) is 3.58. The van der Waals surface area contributed by atoms with E-state index in [0.717, 1.165) is 0 Å². The predicted molar refractivity (Wildman–Crippen MR) is 11.1 cm³/mol. The van der Waals surface area contributed by atoms with Gasteiger partial charge in [-0.25, -0.2) is 0 Å². The van der Waals surface area contributed by atoms with Gasteiger partial charge in [-0.05, 0) is 6.16 Å². The first kappa shape index (κ1) is 15.7. The molecule has 0 aliphatic carbocycles. The van der Waals surface area contributed by atoms with Crippen molar-refractivity contribution in [1.82, 2.24) is 0 Å². The van der Waals surface area contributed by atoms with Crippen LogP contribution >= 0.6 is 0 Å². The van der Waals surface area contributed by atoms with Crippen LogP contribution in [-0.4, -0.2) is 43.9 Å². The van der Waals surface area contributed by atoms with Crippen molar-refractivity contribution < 1.29 is 31.8 Å². The molecule has 0 aromatic rings. The third-order valence-corrected chi connectivity index (χ3v) is 0. The van der Waals surface area contributed by atoms with Crippen molar-refractivity contribution in [1.29, 1.82) is 0 Å². The molecule has 33 valence electrons. The Bertz CT molecular complexity index is 33.8. The monoisotopic (exact) mass is 159 g/mol.